The smallest absolute Gasteiger partial charge is 0.240 e. The van der Waals surface area contributed by atoms with Crippen LogP contribution in [0.25, 0.3) is 21.7 Å². The van der Waals surface area contributed by atoms with Crippen LogP contribution >= 0.6 is 0 Å². The molecule has 2 aromatic carbocycles. The largest absolute Gasteiger partial charge is 0.464 e. The zero-order valence-corrected chi connectivity index (χ0v) is 18.2. The summed E-state index contributed by atoms with van der Waals surface area (Å²) in [6, 6.07) is 13.9. The molecule has 4 aromatic rings. The number of aromatic nitrogens is 1. The molecule has 2 aromatic heterocycles. The molecule has 162 valence electrons. The van der Waals surface area contributed by atoms with E-state index in [2.05, 4.69) is 15.0 Å². The number of nitrogens with zero attached hydrogens (tertiary/aromatic N) is 1. The summed E-state index contributed by atoms with van der Waals surface area (Å²) < 4.78 is 33.7. The van der Waals surface area contributed by atoms with Gasteiger partial charge in [-0.25, -0.2) is 13.1 Å². The first-order valence-electron chi connectivity index (χ1n) is 10.0. The third-order valence-electron chi connectivity index (χ3n) is 5.26. The highest BCUT2D eigenvalue weighted by molar-refractivity contribution is 7.89. The van der Waals surface area contributed by atoms with Crippen molar-refractivity contribution in [2.24, 2.45) is 0 Å². The van der Waals surface area contributed by atoms with Crippen LogP contribution in [0.1, 0.15) is 19.4 Å². The third kappa shape index (κ3) is 4.62. The topological polar surface area (TPSA) is 104 Å². The highest BCUT2D eigenvalue weighted by Crippen LogP contribution is 2.30. The molecule has 1 unspecified atom stereocenters. The molecule has 0 spiro atoms. The molecule has 0 saturated heterocycles. The van der Waals surface area contributed by atoms with Gasteiger partial charge in [-0.3, -0.25) is 4.98 Å². The summed E-state index contributed by atoms with van der Waals surface area (Å²) in [7, 11) is -3.68. The van der Waals surface area contributed by atoms with E-state index < -0.39 is 15.6 Å². The molecule has 4 rings (SSSR count). The molecule has 0 aliphatic rings. The fourth-order valence-corrected chi connectivity index (χ4v) is 4.90. The Bertz CT molecular complexity index is 1310. The molecule has 0 fully saturated rings. The van der Waals surface area contributed by atoms with Gasteiger partial charge in [0.1, 0.15) is 11.2 Å². The lowest BCUT2D eigenvalue weighted by atomic mass is 9.95. The predicted octanol–water partition coefficient (Wildman–Crippen LogP) is 3.15. The van der Waals surface area contributed by atoms with Gasteiger partial charge in [0, 0.05) is 47.9 Å². The van der Waals surface area contributed by atoms with E-state index in [-0.39, 0.29) is 17.5 Å². The maximum atomic E-state index is 12.8. The van der Waals surface area contributed by atoms with E-state index in [0.29, 0.717) is 17.7 Å². The van der Waals surface area contributed by atoms with Crippen LogP contribution < -0.4 is 10.0 Å². The van der Waals surface area contributed by atoms with Crippen LogP contribution in [0, 0.1) is 0 Å². The molecule has 2 heterocycles. The number of para-hydroxylation sites is 1. The van der Waals surface area contributed by atoms with Gasteiger partial charge in [-0.1, -0.05) is 24.3 Å². The van der Waals surface area contributed by atoms with Crippen molar-refractivity contribution in [3.63, 3.8) is 0 Å². The molecule has 3 N–H and O–H groups in total. The second kappa shape index (κ2) is 8.39. The lowest BCUT2D eigenvalue weighted by Crippen LogP contribution is -2.43. The van der Waals surface area contributed by atoms with Crippen molar-refractivity contribution in [2.75, 3.05) is 13.1 Å². The zero-order valence-electron chi connectivity index (χ0n) is 17.4. The summed E-state index contributed by atoms with van der Waals surface area (Å²) in [5, 5.41) is 16.6. The Hall–Kier alpha value is -2.78. The SMILES string of the molecule is C[C@H](CNCC(C)(O)c1coc2ccccc12)NS(=O)(=O)c1ccc2cnccc2c1. The van der Waals surface area contributed by atoms with E-state index in [1.165, 1.54) is 0 Å². The second-order valence-corrected chi connectivity index (χ2v) is 9.67. The van der Waals surface area contributed by atoms with Crippen LogP contribution in [0.15, 0.2) is 76.5 Å². The van der Waals surface area contributed by atoms with Crippen LogP contribution in [-0.2, 0) is 15.6 Å². The quantitative estimate of drug-likeness (QED) is 0.390. The van der Waals surface area contributed by atoms with Crippen LogP contribution in [0.5, 0.6) is 0 Å². The molecule has 0 radical (unpaired) electrons. The number of sulfonamides is 1. The molecule has 0 amide bonds. The van der Waals surface area contributed by atoms with E-state index in [4.69, 9.17) is 4.42 Å². The molecule has 7 nitrogen and oxygen atoms in total. The molecular formula is C23H25N3O4S. The van der Waals surface area contributed by atoms with Gasteiger partial charge in [0.05, 0.1) is 11.2 Å². The van der Waals surface area contributed by atoms with Crippen molar-refractivity contribution < 1.29 is 17.9 Å². The lowest BCUT2D eigenvalue weighted by molar-refractivity contribution is 0.0575. The first-order valence-corrected chi connectivity index (χ1v) is 11.5. The number of hydrogen-bond donors (Lipinski definition) is 3. The summed E-state index contributed by atoms with van der Waals surface area (Å²) in [6.07, 6.45) is 4.89. The van der Waals surface area contributed by atoms with Crippen LogP contribution in [0.3, 0.4) is 0 Å². The number of rotatable bonds is 8. The highest BCUT2D eigenvalue weighted by atomic mass is 32.2. The summed E-state index contributed by atoms with van der Waals surface area (Å²) >= 11 is 0. The van der Waals surface area contributed by atoms with E-state index in [0.717, 1.165) is 16.2 Å². The Morgan fingerprint density at radius 1 is 1.16 bits per heavy atom. The van der Waals surface area contributed by atoms with Crippen molar-refractivity contribution in [3.05, 3.63) is 72.8 Å². The minimum atomic E-state index is -3.68. The number of nitrogens with one attached hydrogen (secondary N) is 2. The number of pyridine rings is 1. The van der Waals surface area contributed by atoms with Gasteiger partial charge >= 0.3 is 0 Å². The fourth-order valence-electron chi connectivity index (χ4n) is 3.63. The molecule has 2 atom stereocenters. The Morgan fingerprint density at radius 3 is 2.81 bits per heavy atom. The normalized spacial score (nSPS) is 15.2. The van der Waals surface area contributed by atoms with Gasteiger partial charge in [-0.2, -0.15) is 0 Å². The van der Waals surface area contributed by atoms with Crippen molar-refractivity contribution in [1.29, 1.82) is 0 Å². The first kappa shape index (κ1) is 21.5. The Labute approximate surface area is 181 Å². The third-order valence-corrected chi connectivity index (χ3v) is 6.85. The van der Waals surface area contributed by atoms with Crippen LogP contribution in [0.2, 0.25) is 0 Å². The minimum Gasteiger partial charge on any atom is -0.464 e. The average Bonchev–Trinajstić information content (AvgIpc) is 3.18. The van der Waals surface area contributed by atoms with E-state index >= 15 is 0 Å². The van der Waals surface area contributed by atoms with Gasteiger partial charge in [-0.05, 0) is 43.5 Å². The fraction of sp³-hybridized carbons (Fsp3) is 0.261. The number of benzene rings is 2. The number of furan rings is 1. The second-order valence-electron chi connectivity index (χ2n) is 7.96. The van der Waals surface area contributed by atoms with Crippen LogP contribution in [0.4, 0.5) is 0 Å². The summed E-state index contributed by atoms with van der Waals surface area (Å²) in [6.45, 7) is 4.07. The molecule has 0 bridgehead atoms. The van der Waals surface area contributed by atoms with Crippen molar-refractivity contribution in [2.45, 2.75) is 30.4 Å². The Morgan fingerprint density at radius 2 is 1.97 bits per heavy atom. The van der Waals surface area contributed by atoms with Crippen molar-refractivity contribution >= 4 is 31.8 Å². The Kier molecular flexibility index (Phi) is 5.81. The summed E-state index contributed by atoms with van der Waals surface area (Å²) in [5.41, 5.74) is 0.233. The molecule has 0 aliphatic carbocycles. The van der Waals surface area contributed by atoms with Gasteiger partial charge in [0.15, 0.2) is 0 Å². The first-order chi connectivity index (χ1) is 14.8. The van der Waals surface area contributed by atoms with Gasteiger partial charge < -0.3 is 14.8 Å². The highest BCUT2D eigenvalue weighted by Gasteiger charge is 2.27. The van der Waals surface area contributed by atoms with Gasteiger partial charge in [0.25, 0.3) is 0 Å². The zero-order chi connectivity index (χ0) is 22.1. The predicted molar refractivity (Wildman–Crippen MR) is 120 cm³/mol. The molecule has 0 saturated carbocycles. The monoisotopic (exact) mass is 439 g/mol. The summed E-state index contributed by atoms with van der Waals surface area (Å²) in [5.74, 6) is 0. The Balaban J connectivity index is 1.38. The van der Waals surface area contributed by atoms with E-state index in [1.54, 1.807) is 56.8 Å². The molecule has 8 heteroatoms. The lowest BCUT2D eigenvalue weighted by Gasteiger charge is -2.24. The number of fused-ring (bicyclic) bond motifs is 2. The van der Waals surface area contributed by atoms with Crippen LogP contribution in [-0.4, -0.2) is 37.6 Å². The van der Waals surface area contributed by atoms with Crippen molar-refractivity contribution in [3.8, 4) is 0 Å². The van der Waals surface area contributed by atoms with E-state index in [9.17, 15) is 13.5 Å². The number of aliphatic hydroxyl groups is 1. The molecule has 0 aliphatic heterocycles. The van der Waals surface area contributed by atoms with Crippen molar-refractivity contribution in [1.82, 2.24) is 15.0 Å². The minimum absolute atomic E-state index is 0.204. The maximum Gasteiger partial charge on any atom is 0.240 e. The maximum absolute atomic E-state index is 12.8. The van der Waals surface area contributed by atoms with Gasteiger partial charge in [0.2, 0.25) is 10.0 Å². The van der Waals surface area contributed by atoms with Gasteiger partial charge in [-0.15, -0.1) is 0 Å². The van der Waals surface area contributed by atoms with E-state index in [1.807, 2.05) is 24.3 Å². The standard InChI is InChI=1S/C23H25N3O4S/c1-16(26-31(28,29)19-8-7-18-13-24-10-9-17(18)11-19)12-25-15-23(2,27)21-14-30-22-6-4-3-5-20(21)22/h3-11,13-14,16,25-27H,12,15H2,1-2H3/t16-,23?/m1/s1. The number of hydrogen-bond acceptors (Lipinski definition) is 6. The average molecular weight is 440 g/mol. The molecular weight excluding hydrogens is 414 g/mol. The summed E-state index contributed by atoms with van der Waals surface area (Å²) in [4.78, 5) is 4.25. The molecule has 31 heavy (non-hydrogen) atoms.